The van der Waals surface area contributed by atoms with Crippen molar-refractivity contribution in [3.63, 3.8) is 0 Å². The molecule has 1 unspecified atom stereocenters. The number of aromatic nitrogens is 2. The first kappa shape index (κ1) is 20.0. The van der Waals surface area contributed by atoms with Gasteiger partial charge >= 0.3 is 0 Å². The third-order valence-electron chi connectivity index (χ3n) is 5.54. The first-order valence-electron chi connectivity index (χ1n) is 9.68. The summed E-state index contributed by atoms with van der Waals surface area (Å²) in [5.41, 5.74) is -0.476. The van der Waals surface area contributed by atoms with E-state index in [1.807, 2.05) is 10.6 Å². The number of aliphatic hydroxyl groups is 1. The van der Waals surface area contributed by atoms with E-state index in [-0.39, 0.29) is 29.5 Å². The van der Waals surface area contributed by atoms with Crippen LogP contribution in [0.1, 0.15) is 49.8 Å². The Morgan fingerprint density at radius 2 is 2.13 bits per heavy atom. The van der Waals surface area contributed by atoms with Crippen LogP contribution in [0.15, 0.2) is 36.4 Å². The van der Waals surface area contributed by atoms with Crippen LogP contribution in [0.2, 0.25) is 0 Å². The van der Waals surface area contributed by atoms with Crippen molar-refractivity contribution in [2.24, 2.45) is 0 Å². The minimum atomic E-state index is -1.58. The molecule has 1 aromatic heterocycles. The highest BCUT2D eigenvalue weighted by atomic mass is 19.1. The Kier molecular flexibility index (Phi) is 5.00. The minimum absolute atomic E-state index is 0.0881. The number of carbonyl (C=O) groups excluding carboxylic acids is 1. The Morgan fingerprint density at radius 3 is 2.77 bits per heavy atom. The SMILES string of the molecule is CC(O)(CC(=O)Nc1nc2cc(F)c(C#N)cc2n1C1CCC1)c1cccc(F)c1. The predicted octanol–water partition coefficient (Wildman–Crippen LogP) is 4.15. The molecule has 1 heterocycles. The lowest BCUT2D eigenvalue weighted by Gasteiger charge is -2.29. The highest BCUT2D eigenvalue weighted by Gasteiger charge is 2.30. The summed E-state index contributed by atoms with van der Waals surface area (Å²) in [5.74, 6) is -1.45. The number of imidazole rings is 1. The van der Waals surface area contributed by atoms with Gasteiger partial charge in [-0.2, -0.15) is 5.26 Å². The van der Waals surface area contributed by atoms with Crippen LogP contribution < -0.4 is 5.32 Å². The van der Waals surface area contributed by atoms with Crippen molar-refractivity contribution >= 4 is 22.9 Å². The Labute approximate surface area is 171 Å². The molecule has 1 fully saturated rings. The number of nitrogens with zero attached hydrogens (tertiary/aromatic N) is 3. The van der Waals surface area contributed by atoms with Crippen molar-refractivity contribution in [3.05, 3.63) is 59.2 Å². The summed E-state index contributed by atoms with van der Waals surface area (Å²) in [6.07, 6.45) is 2.48. The van der Waals surface area contributed by atoms with Gasteiger partial charge in [0.2, 0.25) is 11.9 Å². The van der Waals surface area contributed by atoms with Gasteiger partial charge < -0.3 is 9.67 Å². The molecular weight excluding hydrogens is 390 g/mol. The fraction of sp³-hybridized carbons (Fsp3) is 0.318. The van der Waals surface area contributed by atoms with E-state index in [4.69, 9.17) is 5.26 Å². The van der Waals surface area contributed by atoms with Crippen LogP contribution in [0.25, 0.3) is 11.0 Å². The lowest BCUT2D eigenvalue weighted by molar-refractivity contribution is -0.120. The van der Waals surface area contributed by atoms with Crippen LogP contribution in [0.5, 0.6) is 0 Å². The average molecular weight is 410 g/mol. The second-order valence-corrected chi connectivity index (χ2v) is 7.83. The van der Waals surface area contributed by atoms with E-state index in [1.165, 1.54) is 37.3 Å². The van der Waals surface area contributed by atoms with Crippen LogP contribution >= 0.6 is 0 Å². The van der Waals surface area contributed by atoms with Gasteiger partial charge in [0.15, 0.2) is 0 Å². The zero-order valence-corrected chi connectivity index (χ0v) is 16.3. The average Bonchev–Trinajstić information content (AvgIpc) is 2.95. The van der Waals surface area contributed by atoms with Gasteiger partial charge in [-0.3, -0.25) is 10.1 Å². The van der Waals surface area contributed by atoms with Crippen molar-refractivity contribution in [2.75, 3.05) is 5.32 Å². The number of hydrogen-bond acceptors (Lipinski definition) is 4. The monoisotopic (exact) mass is 410 g/mol. The number of nitrogens with one attached hydrogen (secondary N) is 1. The molecule has 0 radical (unpaired) electrons. The molecule has 3 aromatic rings. The predicted molar refractivity (Wildman–Crippen MR) is 107 cm³/mol. The Balaban J connectivity index is 1.64. The van der Waals surface area contributed by atoms with E-state index in [2.05, 4.69) is 10.3 Å². The lowest BCUT2D eigenvalue weighted by Crippen LogP contribution is -2.30. The minimum Gasteiger partial charge on any atom is -0.385 e. The fourth-order valence-corrected chi connectivity index (χ4v) is 3.71. The number of hydrogen-bond donors (Lipinski definition) is 2. The molecule has 1 aliphatic carbocycles. The second kappa shape index (κ2) is 7.50. The molecule has 0 bridgehead atoms. The quantitative estimate of drug-likeness (QED) is 0.661. The van der Waals surface area contributed by atoms with Crippen molar-refractivity contribution in [1.29, 1.82) is 5.26 Å². The van der Waals surface area contributed by atoms with E-state index in [0.717, 1.165) is 19.3 Å². The summed E-state index contributed by atoms with van der Waals surface area (Å²) in [4.78, 5) is 17.0. The van der Waals surface area contributed by atoms with E-state index in [0.29, 0.717) is 11.0 Å². The number of fused-ring (bicyclic) bond motifs is 1. The molecule has 2 N–H and O–H groups in total. The van der Waals surface area contributed by atoms with Crippen molar-refractivity contribution < 1.29 is 18.7 Å². The maximum absolute atomic E-state index is 14.0. The topological polar surface area (TPSA) is 90.9 Å². The molecule has 30 heavy (non-hydrogen) atoms. The number of rotatable bonds is 5. The van der Waals surface area contributed by atoms with Gasteiger partial charge in [-0.15, -0.1) is 0 Å². The van der Waals surface area contributed by atoms with Gasteiger partial charge in [-0.1, -0.05) is 12.1 Å². The zero-order valence-electron chi connectivity index (χ0n) is 16.3. The summed E-state index contributed by atoms with van der Waals surface area (Å²) in [6, 6.07) is 9.99. The van der Waals surface area contributed by atoms with Crippen molar-refractivity contribution in [1.82, 2.24) is 9.55 Å². The number of carbonyl (C=O) groups is 1. The number of amides is 1. The summed E-state index contributed by atoms with van der Waals surface area (Å²) < 4.78 is 29.4. The molecule has 0 spiro atoms. The molecule has 6 nitrogen and oxygen atoms in total. The van der Waals surface area contributed by atoms with Gasteiger partial charge in [0.25, 0.3) is 0 Å². The van der Waals surface area contributed by atoms with E-state index in [1.54, 1.807) is 6.07 Å². The molecule has 0 aliphatic heterocycles. The summed E-state index contributed by atoms with van der Waals surface area (Å²) in [7, 11) is 0. The number of halogens is 2. The number of nitriles is 1. The van der Waals surface area contributed by atoms with Gasteiger partial charge in [-0.25, -0.2) is 13.8 Å². The molecule has 0 saturated heterocycles. The molecule has 1 amide bonds. The van der Waals surface area contributed by atoms with Gasteiger partial charge in [0.1, 0.15) is 17.7 Å². The van der Waals surface area contributed by atoms with Gasteiger partial charge in [-0.05, 0) is 49.9 Å². The van der Waals surface area contributed by atoms with Crippen LogP contribution in [0, 0.1) is 23.0 Å². The first-order valence-corrected chi connectivity index (χ1v) is 9.68. The third-order valence-corrected chi connectivity index (χ3v) is 5.54. The summed E-state index contributed by atoms with van der Waals surface area (Å²) in [5, 5.41) is 22.5. The van der Waals surface area contributed by atoms with Crippen LogP contribution in [0.4, 0.5) is 14.7 Å². The van der Waals surface area contributed by atoms with Crippen molar-refractivity contribution in [2.45, 2.75) is 44.2 Å². The van der Waals surface area contributed by atoms with Crippen LogP contribution in [0.3, 0.4) is 0 Å². The largest absolute Gasteiger partial charge is 0.385 e. The number of benzene rings is 2. The maximum atomic E-state index is 14.0. The Bertz CT molecular complexity index is 1180. The van der Waals surface area contributed by atoms with Crippen LogP contribution in [-0.2, 0) is 10.4 Å². The molecule has 1 atom stereocenters. The molecular formula is C22H20F2N4O2. The standard InChI is InChI=1S/C22H20F2N4O2/c1-22(30,14-4-2-5-15(23)9-14)11-20(29)27-21-26-18-10-17(24)13(12-25)8-19(18)28(21)16-6-3-7-16/h2,4-5,8-10,16,30H,3,6-7,11H2,1H3,(H,26,27,29). The molecule has 8 heteroatoms. The van der Waals surface area contributed by atoms with E-state index in [9.17, 15) is 18.7 Å². The molecule has 154 valence electrons. The van der Waals surface area contributed by atoms with Gasteiger partial charge in [0, 0.05) is 12.1 Å². The smallest absolute Gasteiger partial charge is 0.229 e. The normalized spacial score (nSPS) is 16.0. The highest BCUT2D eigenvalue weighted by Crippen LogP contribution is 2.38. The zero-order chi connectivity index (χ0) is 21.5. The van der Waals surface area contributed by atoms with Crippen molar-refractivity contribution in [3.8, 4) is 6.07 Å². The molecule has 4 rings (SSSR count). The molecule has 1 aliphatic rings. The van der Waals surface area contributed by atoms with E-state index >= 15 is 0 Å². The Morgan fingerprint density at radius 1 is 1.37 bits per heavy atom. The second-order valence-electron chi connectivity index (χ2n) is 7.83. The van der Waals surface area contributed by atoms with Gasteiger partial charge in [0.05, 0.1) is 28.6 Å². The highest BCUT2D eigenvalue weighted by molar-refractivity contribution is 5.92. The first-order chi connectivity index (χ1) is 14.3. The Hall–Kier alpha value is -3.31. The lowest BCUT2D eigenvalue weighted by atomic mass is 9.92. The molecule has 1 saturated carbocycles. The van der Waals surface area contributed by atoms with Crippen LogP contribution in [-0.4, -0.2) is 20.6 Å². The molecule has 2 aromatic carbocycles. The fourth-order valence-electron chi connectivity index (χ4n) is 3.71. The van der Waals surface area contributed by atoms with E-state index < -0.39 is 23.1 Å². The third kappa shape index (κ3) is 3.64. The number of anilines is 1. The maximum Gasteiger partial charge on any atom is 0.229 e. The summed E-state index contributed by atoms with van der Waals surface area (Å²) >= 11 is 0. The summed E-state index contributed by atoms with van der Waals surface area (Å²) in [6.45, 7) is 1.44.